The zero-order valence-electron chi connectivity index (χ0n) is 15.3. The van der Waals surface area contributed by atoms with Crippen molar-refractivity contribution in [3.05, 3.63) is 47.7 Å². The fourth-order valence-electron chi connectivity index (χ4n) is 2.92. The Morgan fingerprint density at radius 2 is 2.00 bits per heavy atom. The minimum Gasteiger partial charge on any atom is -0.341 e. The first-order valence-corrected chi connectivity index (χ1v) is 9.47. The summed E-state index contributed by atoms with van der Waals surface area (Å²) in [6.07, 6.45) is 4.66. The molecular formula is C20H26N6. The highest BCUT2D eigenvalue weighted by Crippen LogP contribution is 2.27. The summed E-state index contributed by atoms with van der Waals surface area (Å²) in [6.45, 7) is 5.01. The third kappa shape index (κ3) is 4.58. The molecule has 26 heavy (non-hydrogen) atoms. The summed E-state index contributed by atoms with van der Waals surface area (Å²) in [7, 11) is 0. The zero-order valence-corrected chi connectivity index (χ0v) is 15.3. The molecule has 2 N–H and O–H groups in total. The average Bonchev–Trinajstić information content (AvgIpc) is 3.38. The van der Waals surface area contributed by atoms with Crippen molar-refractivity contribution >= 4 is 17.6 Å². The number of nitrogens with one attached hydrogen (secondary N) is 2. The van der Waals surface area contributed by atoms with Crippen molar-refractivity contribution < 1.29 is 0 Å². The second-order valence-corrected chi connectivity index (χ2v) is 7.17. The zero-order chi connectivity index (χ0) is 17.8. The molecule has 0 spiro atoms. The molecule has 1 aromatic heterocycles. The summed E-state index contributed by atoms with van der Waals surface area (Å²) < 4.78 is 0. The molecule has 1 aromatic carbocycles. The molecule has 6 nitrogen and oxygen atoms in total. The number of hydrogen-bond acceptors (Lipinski definition) is 5. The van der Waals surface area contributed by atoms with Crippen LogP contribution in [-0.2, 0) is 6.42 Å². The van der Waals surface area contributed by atoms with Crippen molar-refractivity contribution in [2.24, 2.45) is 10.9 Å². The van der Waals surface area contributed by atoms with Crippen LogP contribution in [0.25, 0.3) is 0 Å². The smallest absolute Gasteiger partial charge is 0.227 e. The quantitative estimate of drug-likeness (QED) is 0.457. The molecule has 1 aliphatic carbocycles. The highest BCUT2D eigenvalue weighted by Gasteiger charge is 2.20. The third-order valence-corrected chi connectivity index (χ3v) is 4.76. The van der Waals surface area contributed by atoms with Crippen LogP contribution in [0.5, 0.6) is 0 Å². The molecule has 0 bridgehead atoms. The number of hydrogen-bond donors (Lipinski definition) is 2. The van der Waals surface area contributed by atoms with Crippen LogP contribution in [0.1, 0.15) is 37.4 Å². The number of benzene rings is 1. The van der Waals surface area contributed by atoms with E-state index < -0.39 is 0 Å². The lowest BCUT2D eigenvalue weighted by Gasteiger charge is -2.31. The third-order valence-electron chi connectivity index (χ3n) is 4.76. The fraction of sp³-hybridized carbons (Fsp3) is 0.450. The lowest BCUT2D eigenvalue weighted by molar-refractivity contribution is 0.598. The first-order chi connectivity index (χ1) is 12.8. The molecule has 0 unspecified atom stereocenters. The van der Waals surface area contributed by atoms with Gasteiger partial charge in [-0.05, 0) is 37.7 Å². The molecular weight excluding hydrogens is 324 g/mol. The normalized spacial score (nSPS) is 17.1. The van der Waals surface area contributed by atoms with Crippen molar-refractivity contribution in [1.29, 1.82) is 0 Å². The van der Waals surface area contributed by atoms with Crippen LogP contribution in [0, 0.1) is 5.92 Å². The van der Waals surface area contributed by atoms with E-state index in [1.54, 1.807) is 0 Å². The van der Waals surface area contributed by atoms with E-state index >= 15 is 0 Å². The van der Waals surface area contributed by atoms with Gasteiger partial charge in [0.25, 0.3) is 0 Å². The molecule has 6 heteroatoms. The number of rotatable bonds is 7. The Morgan fingerprint density at radius 1 is 1.19 bits per heavy atom. The summed E-state index contributed by atoms with van der Waals surface area (Å²) in [5, 5.41) is 0. The monoisotopic (exact) mass is 350 g/mol. The van der Waals surface area contributed by atoms with Crippen molar-refractivity contribution in [2.45, 2.75) is 32.6 Å². The topological polar surface area (TPSA) is 65.4 Å². The van der Waals surface area contributed by atoms with E-state index in [1.807, 2.05) is 19.1 Å². The maximum absolute atomic E-state index is 4.76. The highest BCUT2D eigenvalue weighted by atomic mass is 15.4. The molecule has 2 heterocycles. The number of amidine groups is 1. The molecule has 0 atom stereocenters. The van der Waals surface area contributed by atoms with Gasteiger partial charge in [-0.1, -0.05) is 30.3 Å². The van der Waals surface area contributed by atoms with Crippen LogP contribution < -0.4 is 15.8 Å². The van der Waals surface area contributed by atoms with Gasteiger partial charge in [0.15, 0.2) is 5.82 Å². The van der Waals surface area contributed by atoms with Gasteiger partial charge >= 0.3 is 0 Å². The highest BCUT2D eigenvalue weighted by molar-refractivity contribution is 5.81. The lowest BCUT2D eigenvalue weighted by Crippen LogP contribution is -2.38. The largest absolute Gasteiger partial charge is 0.341 e. The molecule has 2 fully saturated rings. The summed E-state index contributed by atoms with van der Waals surface area (Å²) in [5.74, 6) is 3.16. The van der Waals surface area contributed by atoms with Crippen LogP contribution in [0.2, 0.25) is 0 Å². The first-order valence-electron chi connectivity index (χ1n) is 9.47. The van der Waals surface area contributed by atoms with Gasteiger partial charge in [-0.15, -0.1) is 0 Å². The predicted octanol–water partition coefficient (Wildman–Crippen LogP) is 2.83. The van der Waals surface area contributed by atoms with Crippen LogP contribution in [0.15, 0.2) is 41.4 Å². The van der Waals surface area contributed by atoms with E-state index in [-0.39, 0.29) is 0 Å². The minimum absolute atomic E-state index is 0.714. The van der Waals surface area contributed by atoms with E-state index in [4.69, 9.17) is 4.98 Å². The molecule has 0 amide bonds. The second kappa shape index (κ2) is 7.83. The summed E-state index contributed by atoms with van der Waals surface area (Å²) in [5.41, 5.74) is 8.67. The van der Waals surface area contributed by atoms with Gasteiger partial charge < -0.3 is 10.3 Å². The second-order valence-electron chi connectivity index (χ2n) is 7.17. The molecule has 2 aliphatic rings. The van der Waals surface area contributed by atoms with Crippen LogP contribution >= 0.6 is 0 Å². The standard InChI is InChI=1S/C20H26N6/c1-15(25-21-14-17-8-9-17)22-19-13-18(12-16-6-3-2-4-7-16)23-20(24-19)26-10-5-11-26/h2-4,6-7,13,17,21H,5,8-12,14H2,1H3,(H,22,23,24,25). The number of aromatic nitrogens is 2. The van der Waals surface area contributed by atoms with Crippen molar-refractivity contribution in [2.75, 3.05) is 24.5 Å². The number of anilines is 1. The Morgan fingerprint density at radius 3 is 2.69 bits per heavy atom. The van der Waals surface area contributed by atoms with Crippen LogP contribution in [-0.4, -0.2) is 35.4 Å². The fourth-order valence-corrected chi connectivity index (χ4v) is 2.92. The molecule has 2 aromatic rings. The molecule has 4 rings (SSSR count). The average molecular weight is 350 g/mol. The Bertz CT molecular complexity index is 765. The maximum atomic E-state index is 4.76. The summed E-state index contributed by atoms with van der Waals surface area (Å²) in [4.78, 5) is 16.3. The van der Waals surface area contributed by atoms with Crippen molar-refractivity contribution in [3.63, 3.8) is 0 Å². The Balaban J connectivity index is 1.51. The number of nitrogens with zero attached hydrogens (tertiary/aromatic N) is 4. The first kappa shape index (κ1) is 17.0. The van der Waals surface area contributed by atoms with Gasteiger partial charge in [0, 0.05) is 32.1 Å². The van der Waals surface area contributed by atoms with Gasteiger partial charge in [-0.2, -0.15) is 4.98 Å². The Kier molecular flexibility index (Phi) is 5.11. The van der Waals surface area contributed by atoms with Crippen molar-refractivity contribution in [3.8, 4) is 0 Å². The maximum Gasteiger partial charge on any atom is 0.227 e. The van der Waals surface area contributed by atoms with Gasteiger partial charge in [0.05, 0.1) is 5.69 Å². The number of hydrazine groups is 1. The molecule has 136 valence electrons. The molecule has 1 aliphatic heterocycles. The number of aliphatic imine (C=N–C) groups is 1. The molecule has 1 saturated heterocycles. The van der Waals surface area contributed by atoms with Gasteiger partial charge in [-0.25, -0.2) is 15.4 Å². The Hall–Kier alpha value is -2.47. The van der Waals surface area contributed by atoms with Crippen LogP contribution in [0.3, 0.4) is 0 Å². The minimum atomic E-state index is 0.714. The summed E-state index contributed by atoms with van der Waals surface area (Å²) in [6, 6.07) is 12.4. The Labute approximate surface area is 154 Å². The summed E-state index contributed by atoms with van der Waals surface area (Å²) >= 11 is 0. The molecule has 1 saturated carbocycles. The van der Waals surface area contributed by atoms with Crippen molar-refractivity contribution in [1.82, 2.24) is 20.8 Å². The van der Waals surface area contributed by atoms with E-state index in [1.165, 1.54) is 24.8 Å². The predicted molar refractivity (Wildman–Crippen MR) is 105 cm³/mol. The van der Waals surface area contributed by atoms with Gasteiger partial charge in [0.2, 0.25) is 5.95 Å². The van der Waals surface area contributed by atoms with E-state index in [2.05, 4.69) is 50.0 Å². The van der Waals surface area contributed by atoms with E-state index in [9.17, 15) is 0 Å². The van der Waals surface area contributed by atoms with Gasteiger partial charge in [0.1, 0.15) is 5.84 Å². The van der Waals surface area contributed by atoms with E-state index in [0.717, 1.165) is 49.5 Å². The van der Waals surface area contributed by atoms with E-state index in [0.29, 0.717) is 5.82 Å². The SMILES string of the molecule is CC(=Nc1cc(Cc2ccccc2)nc(N2CCC2)n1)NNCC1CC1. The lowest BCUT2D eigenvalue weighted by atomic mass is 10.1. The van der Waals surface area contributed by atoms with Gasteiger partial charge in [-0.3, -0.25) is 0 Å². The molecule has 0 radical (unpaired) electrons. The van der Waals surface area contributed by atoms with Crippen LogP contribution in [0.4, 0.5) is 11.8 Å².